The number of hydrogen-bond donors (Lipinski definition) is 1. The average Bonchev–Trinajstić information content (AvgIpc) is 3.37. The van der Waals surface area contributed by atoms with Gasteiger partial charge in [0, 0.05) is 42.0 Å². The number of aryl methyl sites for hydroxylation is 3. The monoisotopic (exact) mass is 402 g/mol. The average molecular weight is 403 g/mol. The maximum atomic E-state index is 12.6. The van der Waals surface area contributed by atoms with E-state index in [2.05, 4.69) is 20.4 Å². The van der Waals surface area contributed by atoms with E-state index in [-0.39, 0.29) is 11.9 Å². The molecule has 154 valence electrons. The second-order valence-corrected chi connectivity index (χ2v) is 7.67. The fourth-order valence-corrected chi connectivity index (χ4v) is 3.79. The summed E-state index contributed by atoms with van der Waals surface area (Å²) in [6.07, 6.45) is 6.47. The summed E-state index contributed by atoms with van der Waals surface area (Å²) in [5, 5.41) is 7.60. The summed E-state index contributed by atoms with van der Waals surface area (Å²) < 4.78 is 3.81. The molecule has 0 aliphatic carbocycles. The third-order valence-electron chi connectivity index (χ3n) is 5.46. The van der Waals surface area contributed by atoms with Crippen molar-refractivity contribution in [3.63, 3.8) is 0 Å². The number of benzene rings is 1. The minimum Gasteiger partial charge on any atom is -0.350 e. The first kappa shape index (κ1) is 19.8. The van der Waals surface area contributed by atoms with Gasteiger partial charge in [0.05, 0.1) is 18.1 Å². The normalized spacial score (nSPS) is 12.3. The van der Waals surface area contributed by atoms with Crippen molar-refractivity contribution >= 4 is 11.6 Å². The van der Waals surface area contributed by atoms with E-state index >= 15 is 0 Å². The third-order valence-corrected chi connectivity index (χ3v) is 5.46. The number of imidazole rings is 1. The number of carbonyl (C=O) groups excluding carboxylic acids is 1. The highest BCUT2D eigenvalue weighted by Gasteiger charge is 2.14. The van der Waals surface area contributed by atoms with E-state index in [1.165, 1.54) is 0 Å². The van der Waals surface area contributed by atoms with Crippen LogP contribution in [0.4, 0.5) is 0 Å². The lowest BCUT2D eigenvalue weighted by Gasteiger charge is -2.16. The van der Waals surface area contributed by atoms with Gasteiger partial charge in [0.25, 0.3) is 0 Å². The van der Waals surface area contributed by atoms with Gasteiger partial charge in [0.1, 0.15) is 0 Å². The molecule has 0 radical (unpaired) electrons. The van der Waals surface area contributed by atoms with Crippen molar-refractivity contribution in [2.24, 2.45) is 0 Å². The van der Waals surface area contributed by atoms with Gasteiger partial charge in [-0.1, -0.05) is 12.1 Å². The summed E-state index contributed by atoms with van der Waals surface area (Å²) in [7, 11) is 0. The lowest BCUT2D eigenvalue weighted by molar-refractivity contribution is -0.121. The van der Waals surface area contributed by atoms with Crippen LogP contribution >= 0.6 is 0 Å². The minimum absolute atomic E-state index is 0.0247. The van der Waals surface area contributed by atoms with E-state index in [1.807, 2.05) is 73.3 Å². The molecule has 1 aromatic carbocycles. The van der Waals surface area contributed by atoms with E-state index in [4.69, 9.17) is 0 Å². The van der Waals surface area contributed by atoms with Crippen molar-refractivity contribution in [1.82, 2.24) is 29.5 Å². The molecule has 0 saturated carbocycles. The molecule has 30 heavy (non-hydrogen) atoms. The summed E-state index contributed by atoms with van der Waals surface area (Å²) in [6, 6.07) is 10.0. The van der Waals surface area contributed by atoms with Gasteiger partial charge < -0.3 is 9.88 Å². The Labute approximate surface area is 175 Å². The van der Waals surface area contributed by atoms with Crippen LogP contribution in [0.1, 0.15) is 47.6 Å². The standard InChI is InChI=1S/C23H26N6O/c1-15-13-22-25-17(3)21(18(4)29(22)27-15)9-10-23(30)26-16(2)19-5-7-20(8-6-19)28-12-11-24-14-28/h5-8,11-14,16H,9-10H2,1-4H3,(H,26,30)/t16-/m1/s1. The van der Waals surface area contributed by atoms with Gasteiger partial charge in [0.2, 0.25) is 5.91 Å². The first-order chi connectivity index (χ1) is 14.4. The fraction of sp³-hybridized carbons (Fsp3) is 0.304. The van der Waals surface area contributed by atoms with Crippen LogP contribution < -0.4 is 5.32 Å². The molecule has 0 bridgehead atoms. The zero-order valence-corrected chi connectivity index (χ0v) is 17.8. The second-order valence-electron chi connectivity index (χ2n) is 7.67. The molecule has 1 N–H and O–H groups in total. The van der Waals surface area contributed by atoms with E-state index in [0.29, 0.717) is 12.8 Å². The van der Waals surface area contributed by atoms with Crippen molar-refractivity contribution < 1.29 is 4.79 Å². The SMILES string of the molecule is Cc1cc2nc(C)c(CCC(=O)N[C@H](C)c3ccc(-n4ccnc4)cc3)c(C)n2n1. The molecule has 0 fully saturated rings. The van der Waals surface area contributed by atoms with E-state index < -0.39 is 0 Å². The molecular formula is C23H26N6O. The van der Waals surface area contributed by atoms with Gasteiger partial charge in [-0.3, -0.25) is 4.79 Å². The highest BCUT2D eigenvalue weighted by Crippen LogP contribution is 2.18. The quantitative estimate of drug-likeness (QED) is 0.534. The molecule has 0 saturated heterocycles. The van der Waals surface area contributed by atoms with Gasteiger partial charge in [0.15, 0.2) is 5.65 Å². The fourth-order valence-electron chi connectivity index (χ4n) is 3.79. The van der Waals surface area contributed by atoms with Crippen LogP contribution in [0.15, 0.2) is 49.1 Å². The summed E-state index contributed by atoms with van der Waals surface area (Å²) in [5.41, 5.74) is 6.97. The maximum absolute atomic E-state index is 12.6. The van der Waals surface area contributed by atoms with Gasteiger partial charge in [-0.05, 0) is 57.4 Å². The minimum atomic E-state index is -0.0640. The van der Waals surface area contributed by atoms with Crippen LogP contribution in [0, 0.1) is 20.8 Å². The number of aromatic nitrogens is 5. The Hall–Kier alpha value is -3.48. The molecule has 4 aromatic rings. The number of carbonyl (C=O) groups is 1. The van der Waals surface area contributed by atoms with E-state index in [9.17, 15) is 4.79 Å². The molecule has 7 nitrogen and oxygen atoms in total. The van der Waals surface area contributed by atoms with Crippen LogP contribution in [-0.2, 0) is 11.2 Å². The molecule has 3 aromatic heterocycles. The summed E-state index contributed by atoms with van der Waals surface area (Å²) in [4.78, 5) is 21.3. The summed E-state index contributed by atoms with van der Waals surface area (Å²) in [6.45, 7) is 7.99. The van der Waals surface area contributed by atoms with Crippen LogP contribution in [0.5, 0.6) is 0 Å². The number of fused-ring (bicyclic) bond motifs is 1. The summed E-state index contributed by atoms with van der Waals surface area (Å²) in [5.74, 6) is 0.0247. The van der Waals surface area contributed by atoms with Crippen LogP contribution in [0.25, 0.3) is 11.3 Å². The zero-order chi connectivity index (χ0) is 21.3. The molecule has 1 atom stereocenters. The van der Waals surface area contributed by atoms with Gasteiger partial charge in [-0.2, -0.15) is 5.10 Å². The Bertz CT molecular complexity index is 1170. The Balaban J connectivity index is 1.39. The number of amides is 1. The van der Waals surface area contributed by atoms with Crippen LogP contribution in [0.3, 0.4) is 0 Å². The van der Waals surface area contributed by atoms with Crippen molar-refractivity contribution in [3.05, 3.63) is 77.3 Å². The smallest absolute Gasteiger partial charge is 0.220 e. The first-order valence-electron chi connectivity index (χ1n) is 10.1. The molecule has 3 heterocycles. The third kappa shape index (κ3) is 3.96. The molecule has 1 amide bonds. The van der Waals surface area contributed by atoms with Gasteiger partial charge >= 0.3 is 0 Å². The number of nitrogens with one attached hydrogen (secondary N) is 1. The maximum Gasteiger partial charge on any atom is 0.220 e. The Morgan fingerprint density at radius 1 is 1.17 bits per heavy atom. The van der Waals surface area contributed by atoms with E-state index in [0.717, 1.165) is 39.5 Å². The molecule has 0 aliphatic heterocycles. The Morgan fingerprint density at radius 2 is 1.93 bits per heavy atom. The topological polar surface area (TPSA) is 77.1 Å². The molecule has 4 rings (SSSR count). The molecule has 7 heteroatoms. The highest BCUT2D eigenvalue weighted by molar-refractivity contribution is 5.76. The van der Waals surface area contributed by atoms with Crippen molar-refractivity contribution in [2.45, 2.75) is 46.6 Å². The Morgan fingerprint density at radius 3 is 2.63 bits per heavy atom. The van der Waals surface area contributed by atoms with Crippen molar-refractivity contribution in [3.8, 4) is 5.69 Å². The number of nitrogens with zero attached hydrogens (tertiary/aromatic N) is 5. The zero-order valence-electron chi connectivity index (χ0n) is 17.8. The second kappa shape index (κ2) is 8.10. The van der Waals surface area contributed by atoms with Crippen LogP contribution in [-0.4, -0.2) is 30.1 Å². The Kier molecular flexibility index (Phi) is 5.35. The van der Waals surface area contributed by atoms with Crippen molar-refractivity contribution in [2.75, 3.05) is 0 Å². The van der Waals surface area contributed by atoms with Gasteiger partial charge in [-0.25, -0.2) is 14.5 Å². The summed E-state index contributed by atoms with van der Waals surface area (Å²) >= 11 is 0. The molecular weight excluding hydrogens is 376 g/mol. The number of hydrogen-bond acceptors (Lipinski definition) is 4. The van der Waals surface area contributed by atoms with Crippen molar-refractivity contribution in [1.29, 1.82) is 0 Å². The van der Waals surface area contributed by atoms with Crippen LogP contribution in [0.2, 0.25) is 0 Å². The van der Waals surface area contributed by atoms with E-state index in [1.54, 1.807) is 12.5 Å². The highest BCUT2D eigenvalue weighted by atomic mass is 16.1. The molecule has 0 aliphatic rings. The molecule has 0 spiro atoms. The lowest BCUT2D eigenvalue weighted by atomic mass is 10.0. The largest absolute Gasteiger partial charge is 0.350 e. The number of rotatable bonds is 6. The first-order valence-corrected chi connectivity index (χ1v) is 10.1. The predicted molar refractivity (Wildman–Crippen MR) is 116 cm³/mol. The predicted octanol–water partition coefficient (Wildman–Crippen LogP) is 3.65. The molecule has 0 unspecified atom stereocenters. The van der Waals surface area contributed by atoms with Gasteiger partial charge in [-0.15, -0.1) is 0 Å². The lowest BCUT2D eigenvalue weighted by Crippen LogP contribution is -2.27.